The lowest BCUT2D eigenvalue weighted by Crippen LogP contribution is -2.39. The van der Waals surface area contributed by atoms with Gasteiger partial charge in [0.1, 0.15) is 0 Å². The lowest BCUT2D eigenvalue weighted by atomic mass is 9.74. The minimum atomic E-state index is -0.892. The molecule has 0 amide bonds. The maximum absolute atomic E-state index is 11.3. The Hall–Kier alpha value is -1.06. The predicted molar refractivity (Wildman–Crippen MR) is 45.1 cm³/mol. The van der Waals surface area contributed by atoms with Crippen LogP contribution in [0.2, 0.25) is 0 Å². The lowest BCUT2D eigenvalue weighted by Gasteiger charge is -2.31. The second-order valence-corrected chi connectivity index (χ2v) is 3.61. The Morgan fingerprint density at radius 2 is 1.85 bits per heavy atom. The summed E-state index contributed by atoms with van der Waals surface area (Å²) in [6.07, 6.45) is 1.07. The van der Waals surface area contributed by atoms with Crippen LogP contribution in [0.25, 0.3) is 0 Å². The van der Waals surface area contributed by atoms with E-state index in [1.54, 1.807) is 13.8 Å². The molecule has 1 aliphatic carbocycles. The van der Waals surface area contributed by atoms with Gasteiger partial charge in [0.25, 0.3) is 0 Å². The van der Waals surface area contributed by atoms with Crippen LogP contribution in [0.15, 0.2) is 0 Å². The zero-order chi connectivity index (χ0) is 10.0. The van der Waals surface area contributed by atoms with Gasteiger partial charge in [-0.3, -0.25) is 9.59 Å². The van der Waals surface area contributed by atoms with E-state index in [1.165, 1.54) is 0 Å². The molecule has 0 aromatic carbocycles. The molecule has 0 aromatic rings. The Morgan fingerprint density at radius 1 is 1.31 bits per heavy atom. The number of carbonyl (C=O) groups is 2. The van der Waals surface area contributed by atoms with Crippen LogP contribution in [-0.4, -0.2) is 23.1 Å². The van der Waals surface area contributed by atoms with E-state index in [-0.39, 0.29) is 12.1 Å². The molecule has 1 aliphatic rings. The summed E-state index contributed by atoms with van der Waals surface area (Å²) >= 11 is 0. The number of hydrogen-bond donors (Lipinski definition) is 1. The highest BCUT2D eigenvalue weighted by Crippen LogP contribution is 2.35. The monoisotopic (exact) mass is 186 g/mol. The van der Waals surface area contributed by atoms with Gasteiger partial charge in [0.15, 0.2) is 0 Å². The summed E-state index contributed by atoms with van der Waals surface area (Å²) in [5.41, 5.74) is 0. The molecule has 1 saturated carbocycles. The summed E-state index contributed by atoms with van der Waals surface area (Å²) in [5.74, 6) is -2.20. The van der Waals surface area contributed by atoms with E-state index in [2.05, 4.69) is 0 Å². The average molecular weight is 186 g/mol. The summed E-state index contributed by atoms with van der Waals surface area (Å²) < 4.78 is 4.93. The fourth-order valence-electron chi connectivity index (χ4n) is 1.40. The molecular formula is C9H14O4. The molecule has 0 bridgehead atoms. The molecule has 0 aliphatic heterocycles. The fraction of sp³-hybridized carbons (Fsp3) is 0.778. The number of ether oxygens (including phenoxy) is 1. The van der Waals surface area contributed by atoms with E-state index in [0.29, 0.717) is 12.8 Å². The Kier molecular flexibility index (Phi) is 2.90. The van der Waals surface area contributed by atoms with E-state index in [4.69, 9.17) is 9.84 Å². The van der Waals surface area contributed by atoms with Gasteiger partial charge in [0.05, 0.1) is 17.9 Å². The molecule has 1 rings (SSSR count). The largest absolute Gasteiger partial charge is 0.481 e. The molecular weight excluding hydrogens is 172 g/mol. The summed E-state index contributed by atoms with van der Waals surface area (Å²) in [6.45, 7) is 3.51. The Labute approximate surface area is 76.9 Å². The number of esters is 1. The van der Waals surface area contributed by atoms with E-state index < -0.39 is 17.8 Å². The molecule has 0 radical (unpaired) electrons. The molecule has 13 heavy (non-hydrogen) atoms. The Bertz CT molecular complexity index is 222. The van der Waals surface area contributed by atoms with Crippen molar-refractivity contribution < 1.29 is 19.4 Å². The van der Waals surface area contributed by atoms with E-state index in [0.717, 1.165) is 0 Å². The van der Waals surface area contributed by atoms with E-state index in [9.17, 15) is 9.59 Å². The molecule has 1 N–H and O–H groups in total. The normalized spacial score (nSPS) is 26.7. The van der Waals surface area contributed by atoms with Crippen molar-refractivity contribution in [2.75, 3.05) is 0 Å². The van der Waals surface area contributed by atoms with Crippen molar-refractivity contribution in [1.82, 2.24) is 0 Å². The Morgan fingerprint density at radius 3 is 2.15 bits per heavy atom. The summed E-state index contributed by atoms with van der Waals surface area (Å²) in [7, 11) is 0. The lowest BCUT2D eigenvalue weighted by molar-refractivity contribution is -0.166. The van der Waals surface area contributed by atoms with Gasteiger partial charge in [0.2, 0.25) is 0 Å². The van der Waals surface area contributed by atoms with Gasteiger partial charge >= 0.3 is 11.9 Å². The Balaban J connectivity index is 2.44. The third-order valence-electron chi connectivity index (χ3n) is 2.25. The van der Waals surface area contributed by atoms with Gasteiger partial charge in [-0.2, -0.15) is 0 Å². The van der Waals surface area contributed by atoms with Gasteiger partial charge < -0.3 is 9.84 Å². The SMILES string of the molecule is CC(C)OC(=O)C1CCC1C(=O)O. The van der Waals surface area contributed by atoms with Crippen molar-refractivity contribution in [3.63, 3.8) is 0 Å². The van der Waals surface area contributed by atoms with Crippen molar-refractivity contribution in [3.8, 4) is 0 Å². The standard InChI is InChI=1S/C9H14O4/c1-5(2)13-9(12)7-4-3-6(7)8(10)11/h5-7H,3-4H2,1-2H3,(H,10,11). The molecule has 2 atom stereocenters. The van der Waals surface area contributed by atoms with Crippen LogP contribution >= 0.6 is 0 Å². The molecule has 2 unspecified atom stereocenters. The summed E-state index contributed by atoms with van der Waals surface area (Å²) in [5, 5.41) is 8.68. The van der Waals surface area contributed by atoms with Crippen LogP contribution in [0.3, 0.4) is 0 Å². The third kappa shape index (κ3) is 2.20. The first kappa shape index (κ1) is 10.0. The molecule has 1 fully saturated rings. The van der Waals surface area contributed by atoms with Crippen molar-refractivity contribution in [2.24, 2.45) is 11.8 Å². The summed E-state index contributed by atoms with van der Waals surface area (Å²) in [6, 6.07) is 0. The van der Waals surface area contributed by atoms with Gasteiger partial charge in [-0.25, -0.2) is 0 Å². The topological polar surface area (TPSA) is 63.6 Å². The molecule has 0 aromatic heterocycles. The molecule has 0 heterocycles. The highest BCUT2D eigenvalue weighted by Gasteiger charge is 2.42. The smallest absolute Gasteiger partial charge is 0.310 e. The fourth-order valence-corrected chi connectivity index (χ4v) is 1.40. The van der Waals surface area contributed by atoms with Crippen LogP contribution in [0, 0.1) is 11.8 Å². The molecule has 74 valence electrons. The number of carboxylic acids is 1. The first-order valence-electron chi connectivity index (χ1n) is 4.45. The summed E-state index contributed by atoms with van der Waals surface area (Å²) in [4.78, 5) is 21.8. The van der Waals surface area contributed by atoms with Crippen molar-refractivity contribution in [3.05, 3.63) is 0 Å². The van der Waals surface area contributed by atoms with Crippen LogP contribution < -0.4 is 0 Å². The van der Waals surface area contributed by atoms with Gasteiger partial charge in [-0.05, 0) is 26.7 Å². The maximum Gasteiger partial charge on any atom is 0.310 e. The highest BCUT2D eigenvalue weighted by molar-refractivity contribution is 5.82. The minimum Gasteiger partial charge on any atom is -0.481 e. The average Bonchev–Trinajstić information content (AvgIpc) is 1.79. The number of carbonyl (C=O) groups excluding carboxylic acids is 1. The van der Waals surface area contributed by atoms with Gasteiger partial charge in [-0.15, -0.1) is 0 Å². The first-order valence-corrected chi connectivity index (χ1v) is 4.45. The van der Waals surface area contributed by atoms with Crippen LogP contribution in [0.1, 0.15) is 26.7 Å². The van der Waals surface area contributed by atoms with Crippen LogP contribution in [0.4, 0.5) is 0 Å². The number of aliphatic carboxylic acids is 1. The van der Waals surface area contributed by atoms with Crippen molar-refractivity contribution in [2.45, 2.75) is 32.8 Å². The molecule has 0 spiro atoms. The third-order valence-corrected chi connectivity index (χ3v) is 2.25. The number of carboxylic acid groups (broad SMARTS) is 1. The zero-order valence-corrected chi connectivity index (χ0v) is 7.82. The van der Waals surface area contributed by atoms with E-state index >= 15 is 0 Å². The maximum atomic E-state index is 11.3. The van der Waals surface area contributed by atoms with Gasteiger partial charge in [-0.1, -0.05) is 0 Å². The second-order valence-electron chi connectivity index (χ2n) is 3.61. The second kappa shape index (κ2) is 3.77. The van der Waals surface area contributed by atoms with E-state index in [1.807, 2.05) is 0 Å². The van der Waals surface area contributed by atoms with Crippen LogP contribution in [0.5, 0.6) is 0 Å². The molecule has 0 saturated heterocycles. The highest BCUT2D eigenvalue weighted by atomic mass is 16.5. The predicted octanol–water partition coefficient (Wildman–Crippen LogP) is 1.05. The van der Waals surface area contributed by atoms with Crippen LogP contribution in [-0.2, 0) is 14.3 Å². The zero-order valence-electron chi connectivity index (χ0n) is 7.82. The minimum absolute atomic E-state index is 0.164. The van der Waals surface area contributed by atoms with Crippen molar-refractivity contribution in [1.29, 1.82) is 0 Å². The van der Waals surface area contributed by atoms with Gasteiger partial charge in [0, 0.05) is 0 Å². The first-order chi connectivity index (χ1) is 6.02. The number of hydrogen-bond acceptors (Lipinski definition) is 3. The number of rotatable bonds is 3. The molecule has 4 nitrogen and oxygen atoms in total. The molecule has 4 heteroatoms. The van der Waals surface area contributed by atoms with Crippen molar-refractivity contribution >= 4 is 11.9 Å². The quantitative estimate of drug-likeness (QED) is 0.669.